The van der Waals surface area contributed by atoms with Gasteiger partial charge in [-0.15, -0.1) is 0 Å². The van der Waals surface area contributed by atoms with E-state index < -0.39 is 5.41 Å². The third-order valence-corrected chi connectivity index (χ3v) is 13.9. The summed E-state index contributed by atoms with van der Waals surface area (Å²) in [6.45, 7) is 2.20. The molecule has 1 atom stereocenters. The van der Waals surface area contributed by atoms with Crippen molar-refractivity contribution in [3.63, 3.8) is 0 Å². The molecule has 11 aromatic carbocycles. The van der Waals surface area contributed by atoms with Gasteiger partial charge < -0.3 is 9.80 Å². The second-order valence-corrected chi connectivity index (χ2v) is 17.3. The number of aryl methyl sites for hydroxylation is 1. The molecule has 0 saturated heterocycles. The van der Waals surface area contributed by atoms with Crippen LogP contribution in [0.1, 0.15) is 27.8 Å². The van der Waals surface area contributed by atoms with Gasteiger partial charge in [0.1, 0.15) is 0 Å². The van der Waals surface area contributed by atoms with Gasteiger partial charge in [0.15, 0.2) is 0 Å². The second kappa shape index (κ2) is 14.2. The van der Waals surface area contributed by atoms with E-state index in [0.29, 0.717) is 0 Å². The predicted octanol–water partition coefficient (Wildman–Crippen LogP) is 16.7. The van der Waals surface area contributed by atoms with Crippen LogP contribution in [0, 0.1) is 6.92 Å². The average Bonchev–Trinajstić information content (AvgIpc) is 3.83. The van der Waals surface area contributed by atoms with Gasteiger partial charge in [-0.1, -0.05) is 170 Å². The molecule has 0 radical (unpaired) electrons. The van der Waals surface area contributed by atoms with E-state index in [2.05, 4.69) is 253 Å². The quantitative estimate of drug-likeness (QED) is 0.165. The van der Waals surface area contributed by atoms with Crippen LogP contribution in [0.4, 0.5) is 34.1 Å². The van der Waals surface area contributed by atoms with Crippen molar-refractivity contribution in [2.45, 2.75) is 12.3 Å². The molecule has 0 aliphatic heterocycles. The molecule has 11 aromatic rings. The number of nitrogens with zero attached hydrogens (tertiary/aromatic N) is 2. The molecule has 0 heterocycles. The number of anilines is 6. The summed E-state index contributed by atoms with van der Waals surface area (Å²) in [4.78, 5) is 4.77. The standard InChI is InChI=1S/C62H42N2/c1-41-17-11-16-28-58(41)64(47-23-9-4-10-24-47)49-33-37-52-44(40-49)30-35-54-53-34-29-43-39-48(63(45-19-5-2-6-20-45)46-21-7-3-8-22-46)32-36-51(43)60(53)62(61(52)54)56-27-15-14-26-55(56)59-50-25-13-12-18-42(50)31-38-57(59)62/h2-40H,1H3. The third kappa shape index (κ3) is 5.20. The van der Waals surface area contributed by atoms with E-state index in [1.807, 2.05) is 0 Å². The molecule has 2 heteroatoms. The lowest BCUT2D eigenvalue weighted by Crippen LogP contribution is -2.26. The van der Waals surface area contributed by atoms with E-state index in [-0.39, 0.29) is 0 Å². The van der Waals surface area contributed by atoms with Crippen LogP contribution in [0.3, 0.4) is 0 Å². The van der Waals surface area contributed by atoms with E-state index in [0.717, 1.165) is 28.4 Å². The van der Waals surface area contributed by atoms with Crippen molar-refractivity contribution in [1.29, 1.82) is 0 Å². The molecule has 1 spiro atoms. The average molecular weight is 815 g/mol. The Labute approximate surface area is 373 Å². The fourth-order valence-corrected chi connectivity index (χ4v) is 11.3. The highest BCUT2D eigenvalue weighted by atomic mass is 15.1. The fraction of sp³-hybridized carbons (Fsp3) is 0.0323. The SMILES string of the molecule is Cc1ccccc1N(c1ccccc1)c1ccc2c3c(ccc2c1)-c1ccc2cc(N(c4ccccc4)c4ccccc4)ccc2c1C31c2ccccc2-c2c1ccc1ccccc21. The van der Waals surface area contributed by atoms with Gasteiger partial charge in [-0.2, -0.15) is 0 Å². The zero-order valence-corrected chi connectivity index (χ0v) is 35.4. The monoisotopic (exact) mass is 814 g/mol. The Kier molecular flexibility index (Phi) is 8.07. The number of benzene rings is 11. The van der Waals surface area contributed by atoms with Gasteiger partial charge in [-0.3, -0.25) is 0 Å². The van der Waals surface area contributed by atoms with Gasteiger partial charge in [0, 0.05) is 34.1 Å². The topological polar surface area (TPSA) is 6.48 Å². The van der Waals surface area contributed by atoms with Crippen LogP contribution in [0.25, 0.3) is 54.6 Å². The van der Waals surface area contributed by atoms with Gasteiger partial charge in [-0.25, -0.2) is 0 Å². The zero-order valence-electron chi connectivity index (χ0n) is 35.4. The lowest BCUT2D eigenvalue weighted by atomic mass is 9.68. The summed E-state index contributed by atoms with van der Waals surface area (Å²) in [5, 5.41) is 7.54. The Morgan fingerprint density at radius 2 is 0.812 bits per heavy atom. The van der Waals surface area contributed by atoms with Crippen molar-refractivity contribution in [2.24, 2.45) is 0 Å². The van der Waals surface area contributed by atoms with Crippen molar-refractivity contribution in [1.82, 2.24) is 0 Å². The minimum atomic E-state index is -0.573. The van der Waals surface area contributed by atoms with Crippen LogP contribution in [0.2, 0.25) is 0 Å². The molecular weight excluding hydrogens is 773 g/mol. The lowest BCUT2D eigenvalue weighted by molar-refractivity contribution is 0.810. The summed E-state index contributed by atoms with van der Waals surface area (Å²) < 4.78 is 0. The number of para-hydroxylation sites is 4. The van der Waals surface area contributed by atoms with Crippen LogP contribution in [-0.2, 0) is 5.41 Å². The molecule has 300 valence electrons. The van der Waals surface area contributed by atoms with Gasteiger partial charge in [0.2, 0.25) is 0 Å². The number of hydrogen-bond acceptors (Lipinski definition) is 2. The minimum Gasteiger partial charge on any atom is -0.310 e. The van der Waals surface area contributed by atoms with Crippen LogP contribution in [0.5, 0.6) is 0 Å². The summed E-state index contributed by atoms with van der Waals surface area (Å²) in [7, 11) is 0. The highest BCUT2D eigenvalue weighted by molar-refractivity contribution is 6.13. The highest BCUT2D eigenvalue weighted by Gasteiger charge is 2.53. The third-order valence-electron chi connectivity index (χ3n) is 13.9. The molecule has 0 bridgehead atoms. The Morgan fingerprint density at radius 3 is 1.44 bits per heavy atom. The first kappa shape index (κ1) is 36.5. The molecule has 0 N–H and O–H groups in total. The van der Waals surface area contributed by atoms with Crippen LogP contribution >= 0.6 is 0 Å². The summed E-state index contributed by atoms with van der Waals surface area (Å²) in [6.07, 6.45) is 0. The van der Waals surface area contributed by atoms with Crippen molar-refractivity contribution < 1.29 is 0 Å². The molecule has 0 fully saturated rings. The molecular formula is C62H42N2. The molecule has 0 amide bonds. The Hall–Kier alpha value is -8.20. The zero-order chi connectivity index (χ0) is 42.4. The van der Waals surface area contributed by atoms with Crippen molar-refractivity contribution in [3.05, 3.63) is 264 Å². The van der Waals surface area contributed by atoms with E-state index in [1.165, 1.54) is 88.1 Å². The number of fused-ring (bicyclic) bond motifs is 16. The molecule has 2 aliphatic carbocycles. The Morgan fingerprint density at radius 1 is 0.312 bits per heavy atom. The van der Waals surface area contributed by atoms with E-state index in [9.17, 15) is 0 Å². The van der Waals surface area contributed by atoms with Crippen molar-refractivity contribution in [3.8, 4) is 22.3 Å². The van der Waals surface area contributed by atoms with Crippen LogP contribution in [-0.4, -0.2) is 0 Å². The van der Waals surface area contributed by atoms with Crippen molar-refractivity contribution in [2.75, 3.05) is 9.80 Å². The summed E-state index contributed by atoms with van der Waals surface area (Å²) in [5.74, 6) is 0. The smallest absolute Gasteiger partial charge is 0.0737 e. The molecule has 0 saturated carbocycles. The molecule has 1 unspecified atom stereocenters. The van der Waals surface area contributed by atoms with E-state index in [1.54, 1.807) is 0 Å². The van der Waals surface area contributed by atoms with Gasteiger partial charge in [0.05, 0.1) is 5.41 Å². The first-order chi connectivity index (χ1) is 31.7. The molecule has 2 aliphatic rings. The Balaban J connectivity index is 1.10. The van der Waals surface area contributed by atoms with Gasteiger partial charge in [-0.05, 0) is 156 Å². The molecule has 13 rings (SSSR count). The van der Waals surface area contributed by atoms with E-state index >= 15 is 0 Å². The molecule has 2 nitrogen and oxygen atoms in total. The summed E-state index contributed by atoms with van der Waals surface area (Å²) in [6, 6.07) is 87.6. The van der Waals surface area contributed by atoms with Crippen LogP contribution < -0.4 is 9.80 Å². The maximum Gasteiger partial charge on any atom is 0.0737 e. The Bertz CT molecular complexity index is 3590. The molecule has 64 heavy (non-hydrogen) atoms. The largest absolute Gasteiger partial charge is 0.310 e. The second-order valence-electron chi connectivity index (χ2n) is 17.3. The van der Waals surface area contributed by atoms with Crippen molar-refractivity contribution >= 4 is 66.4 Å². The lowest BCUT2D eigenvalue weighted by Gasteiger charge is -2.33. The van der Waals surface area contributed by atoms with Crippen LogP contribution in [0.15, 0.2) is 237 Å². The first-order valence-corrected chi connectivity index (χ1v) is 22.3. The fourth-order valence-electron chi connectivity index (χ4n) is 11.3. The highest BCUT2D eigenvalue weighted by Crippen LogP contribution is 2.66. The summed E-state index contributed by atoms with van der Waals surface area (Å²) >= 11 is 0. The van der Waals surface area contributed by atoms with E-state index in [4.69, 9.17) is 0 Å². The number of rotatable bonds is 6. The van der Waals surface area contributed by atoms with Gasteiger partial charge in [0.25, 0.3) is 0 Å². The first-order valence-electron chi connectivity index (χ1n) is 22.3. The minimum absolute atomic E-state index is 0.573. The molecule has 0 aromatic heterocycles. The summed E-state index contributed by atoms with van der Waals surface area (Å²) in [5.41, 5.74) is 18.1. The predicted molar refractivity (Wildman–Crippen MR) is 269 cm³/mol. The maximum atomic E-state index is 2.44. The maximum absolute atomic E-state index is 2.44. The van der Waals surface area contributed by atoms with Gasteiger partial charge >= 0.3 is 0 Å². The number of hydrogen-bond donors (Lipinski definition) is 0. The normalized spacial score (nSPS) is 14.4.